The molecule has 0 fully saturated rings. The van der Waals surface area contributed by atoms with Gasteiger partial charge in [0.05, 0.1) is 19.2 Å². The summed E-state index contributed by atoms with van der Waals surface area (Å²) in [7, 11) is 1.36. The van der Waals surface area contributed by atoms with Crippen molar-refractivity contribution in [2.45, 2.75) is 12.6 Å². The Kier molecular flexibility index (Phi) is 3.59. The molecule has 118 valence electrons. The number of rotatable bonds is 2. The number of aromatic nitrogens is 1. The van der Waals surface area contributed by atoms with Crippen LogP contribution in [-0.4, -0.2) is 18.0 Å². The van der Waals surface area contributed by atoms with Crippen molar-refractivity contribution in [2.75, 3.05) is 7.11 Å². The molecule has 0 bridgehead atoms. The van der Waals surface area contributed by atoms with Crippen molar-refractivity contribution < 1.29 is 22.7 Å². The van der Waals surface area contributed by atoms with E-state index in [-0.39, 0.29) is 23.6 Å². The first-order valence-electron chi connectivity index (χ1n) is 6.60. The minimum absolute atomic E-state index is 0.0767. The van der Waals surface area contributed by atoms with E-state index in [1.165, 1.54) is 19.2 Å². The number of hydrogen-bond acceptors (Lipinski definition) is 4. The van der Waals surface area contributed by atoms with Crippen LogP contribution in [0.3, 0.4) is 0 Å². The van der Waals surface area contributed by atoms with E-state index in [0.717, 1.165) is 6.07 Å². The fraction of sp³-hybridized carbons (Fsp3) is 0.200. The maximum atomic E-state index is 12.9. The molecule has 1 aromatic heterocycles. The lowest BCUT2D eigenvalue weighted by Crippen LogP contribution is -2.08. The van der Waals surface area contributed by atoms with Crippen molar-refractivity contribution in [2.24, 2.45) is 10.2 Å². The number of nitrogens with zero attached hydrogens (tertiary/aromatic N) is 3. The van der Waals surface area contributed by atoms with E-state index >= 15 is 0 Å². The maximum Gasteiger partial charge on any atom is 0.433 e. The molecule has 0 radical (unpaired) electrons. The first-order valence-corrected chi connectivity index (χ1v) is 6.60. The summed E-state index contributed by atoms with van der Waals surface area (Å²) in [4.78, 5) is 14.8. The summed E-state index contributed by atoms with van der Waals surface area (Å²) in [6.07, 6.45) is -2.87. The number of carbonyl (C=O) groups excluding carboxylic acids is 1. The Hall–Kier alpha value is -2.77. The number of methoxy groups -OCH3 is 1. The van der Waals surface area contributed by atoms with Gasteiger partial charge in [-0.15, -0.1) is 10.2 Å². The zero-order valence-corrected chi connectivity index (χ0v) is 11.9. The fourth-order valence-electron chi connectivity index (χ4n) is 2.28. The van der Waals surface area contributed by atoms with Gasteiger partial charge in [-0.25, -0.2) is 4.98 Å². The molecule has 8 heteroatoms. The zero-order chi connectivity index (χ0) is 16.6. The summed E-state index contributed by atoms with van der Waals surface area (Å²) >= 11 is 0. The fourth-order valence-corrected chi connectivity index (χ4v) is 2.28. The first kappa shape index (κ1) is 15.1. The van der Waals surface area contributed by atoms with Crippen LogP contribution in [0.4, 0.5) is 13.2 Å². The van der Waals surface area contributed by atoms with E-state index in [9.17, 15) is 18.0 Å². The van der Waals surface area contributed by atoms with Gasteiger partial charge < -0.3 is 4.74 Å². The van der Waals surface area contributed by atoms with Gasteiger partial charge in [0, 0.05) is 10.9 Å². The molecular formula is C15H10F3N3O2. The highest BCUT2D eigenvalue weighted by atomic mass is 19.4. The summed E-state index contributed by atoms with van der Waals surface area (Å²) in [5.41, 5.74) is 0.0276. The molecule has 2 aromatic rings. The number of hydrogen-bond donors (Lipinski definition) is 0. The third kappa shape index (κ3) is 2.79. The number of azo groups is 1. The van der Waals surface area contributed by atoms with E-state index in [0.29, 0.717) is 16.6 Å². The molecule has 0 atom stereocenters. The van der Waals surface area contributed by atoms with Crippen molar-refractivity contribution in [1.29, 1.82) is 0 Å². The van der Waals surface area contributed by atoms with Gasteiger partial charge in [0.1, 0.15) is 17.0 Å². The van der Waals surface area contributed by atoms with Crippen LogP contribution in [0, 0.1) is 0 Å². The van der Waals surface area contributed by atoms with Crippen LogP contribution in [0.5, 0.6) is 5.75 Å². The van der Waals surface area contributed by atoms with Crippen molar-refractivity contribution in [1.82, 2.24) is 4.98 Å². The van der Waals surface area contributed by atoms with Crippen LogP contribution in [0.25, 0.3) is 16.6 Å². The van der Waals surface area contributed by atoms with Crippen molar-refractivity contribution in [3.63, 3.8) is 0 Å². The SMILES string of the molecule is COc1ccc(C2=CCC(=O)N=N2)c2ccc(C(F)(F)F)nc12. The summed E-state index contributed by atoms with van der Waals surface area (Å²) in [5.74, 6) is -0.150. The van der Waals surface area contributed by atoms with E-state index < -0.39 is 11.9 Å². The number of halogens is 3. The second-order valence-corrected chi connectivity index (χ2v) is 4.79. The predicted molar refractivity (Wildman–Crippen MR) is 75.8 cm³/mol. The third-order valence-electron chi connectivity index (χ3n) is 3.35. The number of alkyl halides is 3. The molecule has 23 heavy (non-hydrogen) atoms. The molecule has 3 rings (SSSR count). The van der Waals surface area contributed by atoms with Crippen molar-refractivity contribution in [3.8, 4) is 5.75 Å². The lowest BCUT2D eigenvalue weighted by atomic mass is 10.0. The summed E-state index contributed by atoms with van der Waals surface area (Å²) in [6.45, 7) is 0. The van der Waals surface area contributed by atoms with Crippen LogP contribution < -0.4 is 4.74 Å². The Labute approximate surface area is 128 Å². The minimum Gasteiger partial charge on any atom is -0.494 e. The predicted octanol–water partition coefficient (Wildman–Crippen LogP) is 3.99. The van der Waals surface area contributed by atoms with E-state index in [1.807, 2.05) is 0 Å². The molecule has 1 aromatic carbocycles. The van der Waals surface area contributed by atoms with Gasteiger partial charge in [0.2, 0.25) is 0 Å². The highest BCUT2D eigenvalue weighted by Gasteiger charge is 2.33. The molecule has 0 unspecified atom stereocenters. The Morgan fingerprint density at radius 3 is 2.52 bits per heavy atom. The van der Waals surface area contributed by atoms with Gasteiger partial charge in [0.15, 0.2) is 0 Å². The maximum absolute atomic E-state index is 12.9. The van der Waals surface area contributed by atoms with Crippen LogP contribution in [0.1, 0.15) is 17.7 Å². The molecule has 0 aliphatic carbocycles. The molecule has 0 saturated carbocycles. The summed E-state index contributed by atoms with van der Waals surface area (Å²) in [6, 6.07) is 5.38. The highest BCUT2D eigenvalue weighted by molar-refractivity contribution is 5.96. The number of benzene rings is 1. The first-order chi connectivity index (χ1) is 10.9. The minimum atomic E-state index is -4.55. The Morgan fingerprint density at radius 2 is 1.91 bits per heavy atom. The molecule has 1 amide bonds. The average molecular weight is 321 g/mol. The topological polar surface area (TPSA) is 63.9 Å². The summed E-state index contributed by atoms with van der Waals surface area (Å²) < 4.78 is 43.7. The van der Waals surface area contributed by atoms with Gasteiger partial charge in [0.25, 0.3) is 5.91 Å². The molecular weight excluding hydrogens is 311 g/mol. The molecule has 0 spiro atoms. The molecule has 0 N–H and O–H groups in total. The smallest absolute Gasteiger partial charge is 0.433 e. The van der Waals surface area contributed by atoms with Gasteiger partial charge in [-0.3, -0.25) is 4.79 Å². The number of amides is 1. The average Bonchev–Trinajstić information content (AvgIpc) is 2.53. The molecule has 2 heterocycles. The van der Waals surface area contributed by atoms with Crippen LogP contribution >= 0.6 is 0 Å². The number of fused-ring (bicyclic) bond motifs is 1. The van der Waals surface area contributed by atoms with E-state index in [4.69, 9.17) is 4.74 Å². The highest BCUT2D eigenvalue weighted by Crippen LogP contribution is 2.36. The lowest BCUT2D eigenvalue weighted by Gasteiger charge is -2.13. The normalized spacial score (nSPS) is 15.0. The Morgan fingerprint density at radius 1 is 1.13 bits per heavy atom. The molecule has 0 saturated heterocycles. The number of pyridine rings is 1. The monoisotopic (exact) mass is 321 g/mol. The summed E-state index contributed by atoms with van der Waals surface area (Å²) in [5, 5.41) is 7.72. The van der Waals surface area contributed by atoms with Crippen LogP contribution in [-0.2, 0) is 11.0 Å². The van der Waals surface area contributed by atoms with Gasteiger partial charge in [-0.2, -0.15) is 13.2 Å². The second-order valence-electron chi connectivity index (χ2n) is 4.79. The van der Waals surface area contributed by atoms with Crippen LogP contribution in [0.2, 0.25) is 0 Å². The molecule has 1 aliphatic rings. The van der Waals surface area contributed by atoms with Gasteiger partial charge in [-0.05, 0) is 30.3 Å². The van der Waals surface area contributed by atoms with E-state index in [2.05, 4.69) is 15.2 Å². The quantitative estimate of drug-likeness (QED) is 0.840. The largest absolute Gasteiger partial charge is 0.494 e. The Bertz CT molecular complexity index is 857. The van der Waals surface area contributed by atoms with Crippen molar-refractivity contribution >= 4 is 22.5 Å². The van der Waals surface area contributed by atoms with Crippen LogP contribution in [0.15, 0.2) is 40.6 Å². The second kappa shape index (κ2) is 5.45. The Balaban J connectivity index is 2.22. The van der Waals surface area contributed by atoms with Crippen molar-refractivity contribution in [3.05, 3.63) is 41.6 Å². The zero-order valence-electron chi connectivity index (χ0n) is 11.9. The third-order valence-corrected chi connectivity index (χ3v) is 3.35. The lowest BCUT2D eigenvalue weighted by molar-refractivity contribution is -0.141. The number of carbonyl (C=O) groups is 1. The van der Waals surface area contributed by atoms with Gasteiger partial charge >= 0.3 is 6.18 Å². The molecule has 5 nitrogen and oxygen atoms in total. The molecule has 1 aliphatic heterocycles. The van der Waals surface area contributed by atoms with Gasteiger partial charge in [-0.1, -0.05) is 0 Å². The van der Waals surface area contributed by atoms with E-state index in [1.54, 1.807) is 12.1 Å². The number of ether oxygens (including phenoxy) is 1. The standard InChI is InChI=1S/C15H10F3N3O2/c1-23-11-5-2-8(10-4-7-13(22)21-20-10)9-3-6-12(15(16,17)18)19-14(9)11/h2-6H,7H2,1H3.